The summed E-state index contributed by atoms with van der Waals surface area (Å²) in [5.41, 5.74) is 1.91. The van der Waals surface area contributed by atoms with Crippen LogP contribution in [0.3, 0.4) is 0 Å². The van der Waals surface area contributed by atoms with Gasteiger partial charge in [0.25, 0.3) is 5.91 Å². The van der Waals surface area contributed by atoms with E-state index in [9.17, 15) is 9.90 Å². The second-order valence-corrected chi connectivity index (χ2v) is 7.82. The smallest absolute Gasteiger partial charge is 0.254 e. The van der Waals surface area contributed by atoms with Gasteiger partial charge in [0.1, 0.15) is 24.6 Å². The third-order valence-corrected chi connectivity index (χ3v) is 4.83. The van der Waals surface area contributed by atoms with Gasteiger partial charge in [0.05, 0.1) is 6.61 Å². The summed E-state index contributed by atoms with van der Waals surface area (Å²) in [7, 11) is 3.80. The second kappa shape index (κ2) is 11.1. The molecule has 0 spiro atoms. The fourth-order valence-corrected chi connectivity index (χ4v) is 3.37. The van der Waals surface area contributed by atoms with Crippen LogP contribution in [0.15, 0.2) is 54.6 Å². The molecule has 0 unspecified atom stereocenters. The van der Waals surface area contributed by atoms with E-state index in [1.54, 1.807) is 24.3 Å². The van der Waals surface area contributed by atoms with Crippen molar-refractivity contribution >= 4 is 11.6 Å². The van der Waals surface area contributed by atoms with Gasteiger partial charge in [-0.1, -0.05) is 30.3 Å². The number of hydrogen-bond acceptors (Lipinski definition) is 6. The number of morpholine rings is 1. The first-order chi connectivity index (χ1) is 14.5. The lowest BCUT2D eigenvalue weighted by molar-refractivity contribution is -0.133. The van der Waals surface area contributed by atoms with Crippen LogP contribution in [0.5, 0.6) is 5.75 Å². The van der Waals surface area contributed by atoms with Crippen LogP contribution in [-0.2, 0) is 16.1 Å². The minimum absolute atomic E-state index is 0.150. The van der Waals surface area contributed by atoms with Gasteiger partial charge in [-0.25, -0.2) is 0 Å². The van der Waals surface area contributed by atoms with Gasteiger partial charge in [0.2, 0.25) is 0 Å². The Bertz CT molecular complexity index is 783. The summed E-state index contributed by atoms with van der Waals surface area (Å²) in [6.07, 6.45) is -1.05. The number of aliphatic hydroxyl groups is 1. The lowest BCUT2D eigenvalue weighted by Gasteiger charge is -2.32. The molecule has 0 saturated carbocycles. The Balaban J connectivity index is 1.46. The van der Waals surface area contributed by atoms with Crippen LogP contribution in [0.1, 0.15) is 5.56 Å². The average molecular weight is 414 g/mol. The van der Waals surface area contributed by atoms with Crippen molar-refractivity contribution in [1.82, 2.24) is 9.80 Å². The molecule has 0 radical (unpaired) electrons. The van der Waals surface area contributed by atoms with Gasteiger partial charge in [-0.2, -0.15) is 0 Å². The van der Waals surface area contributed by atoms with Gasteiger partial charge in [0, 0.05) is 31.9 Å². The predicted molar refractivity (Wildman–Crippen MR) is 117 cm³/mol. The van der Waals surface area contributed by atoms with Crippen LogP contribution >= 0.6 is 0 Å². The zero-order chi connectivity index (χ0) is 21.3. The highest BCUT2D eigenvalue weighted by atomic mass is 16.5. The molecule has 0 aromatic heterocycles. The molecule has 7 heteroatoms. The number of hydrogen-bond donors (Lipinski definition) is 2. The number of rotatable bonds is 9. The zero-order valence-electron chi connectivity index (χ0n) is 17.7. The van der Waals surface area contributed by atoms with Crippen molar-refractivity contribution in [2.24, 2.45) is 0 Å². The van der Waals surface area contributed by atoms with Crippen LogP contribution in [0, 0.1) is 0 Å². The molecule has 1 aliphatic rings. The maximum Gasteiger partial charge on any atom is 0.254 e. The van der Waals surface area contributed by atoms with E-state index in [0.717, 1.165) is 13.1 Å². The Morgan fingerprint density at radius 1 is 1.23 bits per heavy atom. The zero-order valence-corrected chi connectivity index (χ0v) is 17.7. The van der Waals surface area contributed by atoms with Crippen molar-refractivity contribution in [1.29, 1.82) is 0 Å². The number of carbonyl (C=O) groups excluding carboxylic acids is 1. The summed E-state index contributed by atoms with van der Waals surface area (Å²) in [6.45, 7) is 3.47. The molecule has 1 fully saturated rings. The number of amides is 1. The fourth-order valence-electron chi connectivity index (χ4n) is 3.37. The number of benzene rings is 2. The van der Waals surface area contributed by atoms with E-state index < -0.39 is 12.2 Å². The molecule has 3 rings (SSSR count). The Kier molecular flexibility index (Phi) is 8.21. The second-order valence-electron chi connectivity index (χ2n) is 7.82. The molecule has 1 aliphatic heterocycles. The summed E-state index contributed by atoms with van der Waals surface area (Å²) in [4.78, 5) is 16.8. The maximum atomic E-state index is 12.6. The lowest BCUT2D eigenvalue weighted by Crippen LogP contribution is -2.47. The molecule has 7 nitrogen and oxygen atoms in total. The van der Waals surface area contributed by atoms with Crippen molar-refractivity contribution in [3.8, 4) is 5.75 Å². The highest BCUT2D eigenvalue weighted by molar-refractivity contribution is 5.94. The van der Waals surface area contributed by atoms with Gasteiger partial charge in [0.15, 0.2) is 0 Å². The van der Waals surface area contributed by atoms with E-state index in [1.165, 1.54) is 5.56 Å². The van der Waals surface area contributed by atoms with Crippen molar-refractivity contribution in [2.45, 2.75) is 18.8 Å². The first-order valence-electron chi connectivity index (χ1n) is 10.2. The largest absolute Gasteiger partial charge is 0.491 e. The highest BCUT2D eigenvalue weighted by Gasteiger charge is 2.26. The SMILES string of the molecule is CN(C)C[C@@H](O)COc1ccc(NC(=O)[C@H]2CN(Cc3ccccc3)CCO2)cc1. The first kappa shape index (κ1) is 22.2. The van der Waals surface area contributed by atoms with Gasteiger partial charge in [-0.15, -0.1) is 0 Å². The van der Waals surface area contributed by atoms with E-state index in [2.05, 4.69) is 22.3 Å². The summed E-state index contributed by atoms with van der Waals surface area (Å²) in [5, 5.41) is 12.8. The van der Waals surface area contributed by atoms with E-state index in [1.807, 2.05) is 37.2 Å². The standard InChI is InChI=1S/C23H31N3O4/c1-25(2)15-20(27)17-30-21-10-8-19(9-11-21)24-23(28)22-16-26(12-13-29-22)14-18-6-4-3-5-7-18/h3-11,20,22,27H,12-17H2,1-2H3,(H,24,28)/t20-,22-/m1/s1. The average Bonchev–Trinajstić information content (AvgIpc) is 2.74. The third kappa shape index (κ3) is 7.11. The van der Waals surface area contributed by atoms with Crippen LogP contribution < -0.4 is 10.1 Å². The number of nitrogens with zero attached hydrogens (tertiary/aromatic N) is 2. The lowest BCUT2D eigenvalue weighted by atomic mass is 10.2. The number of anilines is 1. The normalized spacial score (nSPS) is 18.2. The molecule has 0 aliphatic carbocycles. The Labute approximate surface area is 178 Å². The topological polar surface area (TPSA) is 74.3 Å². The molecular formula is C23H31N3O4. The quantitative estimate of drug-likeness (QED) is 0.653. The Morgan fingerprint density at radius 3 is 2.67 bits per heavy atom. The molecule has 30 heavy (non-hydrogen) atoms. The van der Waals surface area contributed by atoms with Crippen molar-refractivity contribution < 1.29 is 19.4 Å². The molecule has 2 aromatic carbocycles. The van der Waals surface area contributed by atoms with E-state index in [-0.39, 0.29) is 12.5 Å². The molecule has 162 valence electrons. The minimum Gasteiger partial charge on any atom is -0.491 e. The molecular weight excluding hydrogens is 382 g/mol. The van der Waals surface area contributed by atoms with Crippen molar-refractivity contribution in [3.05, 3.63) is 60.2 Å². The summed E-state index contributed by atoms with van der Waals surface area (Å²) < 4.78 is 11.3. The van der Waals surface area contributed by atoms with E-state index in [0.29, 0.717) is 31.1 Å². The number of likely N-dealkylation sites (N-methyl/N-ethyl adjacent to an activating group) is 1. The number of nitrogens with one attached hydrogen (secondary N) is 1. The minimum atomic E-state index is -0.554. The Hall–Kier alpha value is -2.45. The molecule has 1 saturated heterocycles. The molecule has 2 atom stereocenters. The van der Waals surface area contributed by atoms with Crippen LogP contribution in [0.2, 0.25) is 0 Å². The molecule has 0 bridgehead atoms. The van der Waals surface area contributed by atoms with Gasteiger partial charge in [-0.3, -0.25) is 9.69 Å². The molecule has 2 N–H and O–H groups in total. The molecule has 1 amide bonds. The van der Waals surface area contributed by atoms with Crippen molar-refractivity contribution in [3.63, 3.8) is 0 Å². The van der Waals surface area contributed by atoms with Gasteiger partial charge in [-0.05, 0) is 43.9 Å². The Morgan fingerprint density at radius 2 is 1.97 bits per heavy atom. The van der Waals surface area contributed by atoms with E-state index >= 15 is 0 Å². The van der Waals surface area contributed by atoms with Crippen LogP contribution in [-0.4, -0.2) is 80.0 Å². The number of ether oxygens (including phenoxy) is 2. The maximum absolute atomic E-state index is 12.6. The van der Waals surface area contributed by atoms with Crippen LogP contribution in [0.4, 0.5) is 5.69 Å². The summed E-state index contributed by atoms with van der Waals surface area (Å²) in [6, 6.07) is 17.4. The first-order valence-corrected chi connectivity index (χ1v) is 10.2. The summed E-state index contributed by atoms with van der Waals surface area (Å²) in [5.74, 6) is 0.497. The van der Waals surface area contributed by atoms with Gasteiger partial charge >= 0.3 is 0 Å². The summed E-state index contributed by atoms with van der Waals surface area (Å²) >= 11 is 0. The van der Waals surface area contributed by atoms with Crippen molar-refractivity contribution in [2.75, 3.05) is 52.3 Å². The highest BCUT2D eigenvalue weighted by Crippen LogP contribution is 2.17. The monoisotopic (exact) mass is 413 g/mol. The predicted octanol–water partition coefficient (Wildman–Crippen LogP) is 1.83. The van der Waals surface area contributed by atoms with Crippen LogP contribution in [0.25, 0.3) is 0 Å². The van der Waals surface area contributed by atoms with E-state index in [4.69, 9.17) is 9.47 Å². The molecule has 2 aromatic rings. The van der Waals surface area contributed by atoms with Gasteiger partial charge < -0.3 is 24.8 Å². The number of aliphatic hydroxyl groups excluding tert-OH is 1. The third-order valence-electron chi connectivity index (χ3n) is 4.83. The molecule has 1 heterocycles. The number of carbonyl (C=O) groups is 1. The fraction of sp³-hybridized carbons (Fsp3) is 0.435.